The van der Waals surface area contributed by atoms with E-state index in [1.165, 1.54) is 19.2 Å². The number of hydrogen-bond donors (Lipinski definition) is 1. The number of amides is 1. The number of rotatable bonds is 10. The molecule has 0 saturated heterocycles. The monoisotopic (exact) mass is 466 g/mol. The van der Waals surface area contributed by atoms with Gasteiger partial charge in [-0.2, -0.15) is 0 Å². The van der Waals surface area contributed by atoms with Gasteiger partial charge in [-0.3, -0.25) is 9.10 Å². The maximum atomic E-state index is 13.4. The molecular weight excluding hydrogens is 440 g/mol. The van der Waals surface area contributed by atoms with Crippen molar-refractivity contribution >= 4 is 27.3 Å². The normalized spacial score (nSPS) is 10.8. The van der Waals surface area contributed by atoms with Crippen molar-refractivity contribution in [3.8, 4) is 11.5 Å². The van der Waals surface area contributed by atoms with Crippen LogP contribution in [0.4, 0.5) is 11.4 Å². The van der Waals surface area contributed by atoms with Gasteiger partial charge in [-0.1, -0.05) is 30.4 Å². The largest absolute Gasteiger partial charge is 0.497 e. The van der Waals surface area contributed by atoms with Crippen LogP contribution in [0.1, 0.15) is 5.56 Å². The number of carbonyl (C=O) groups is 1. The van der Waals surface area contributed by atoms with Crippen molar-refractivity contribution in [2.75, 3.05) is 29.9 Å². The van der Waals surface area contributed by atoms with Crippen LogP contribution >= 0.6 is 0 Å². The average molecular weight is 467 g/mol. The van der Waals surface area contributed by atoms with Crippen LogP contribution in [0.15, 0.2) is 90.3 Å². The van der Waals surface area contributed by atoms with E-state index in [-0.39, 0.29) is 4.90 Å². The van der Waals surface area contributed by atoms with Gasteiger partial charge in [0.25, 0.3) is 10.0 Å². The SMILES string of the molecule is C=CCOc1ccc(NC(=O)CN(c2ccc(OC)cc2)S(=O)(=O)c2ccc(C)cc2)cc1. The highest BCUT2D eigenvalue weighted by atomic mass is 32.2. The summed E-state index contributed by atoms with van der Waals surface area (Å²) >= 11 is 0. The summed E-state index contributed by atoms with van der Waals surface area (Å²) in [6.07, 6.45) is 1.64. The second-order valence-corrected chi connectivity index (χ2v) is 9.06. The summed E-state index contributed by atoms with van der Waals surface area (Å²) in [6, 6.07) is 19.8. The lowest BCUT2D eigenvalue weighted by atomic mass is 10.2. The van der Waals surface area contributed by atoms with Crippen molar-refractivity contribution in [3.63, 3.8) is 0 Å². The maximum Gasteiger partial charge on any atom is 0.264 e. The number of benzene rings is 3. The van der Waals surface area contributed by atoms with Crippen LogP contribution in [-0.4, -0.2) is 34.6 Å². The van der Waals surface area contributed by atoms with Gasteiger partial charge in [0.15, 0.2) is 0 Å². The predicted molar refractivity (Wildman–Crippen MR) is 129 cm³/mol. The van der Waals surface area contributed by atoms with Gasteiger partial charge in [-0.05, 0) is 67.6 Å². The van der Waals surface area contributed by atoms with Crippen LogP contribution in [0.3, 0.4) is 0 Å². The molecule has 0 heterocycles. The standard InChI is InChI=1S/C25H26N2O5S/c1-4-17-32-23-11-7-20(8-12-23)26-25(28)18-27(21-9-13-22(31-3)14-10-21)33(29,30)24-15-5-19(2)6-16-24/h4-16H,1,17-18H2,2-3H3,(H,26,28). The molecule has 0 saturated carbocycles. The van der Waals surface area contributed by atoms with Crippen LogP contribution in [0.2, 0.25) is 0 Å². The van der Waals surface area contributed by atoms with Crippen molar-refractivity contribution in [3.05, 3.63) is 91.0 Å². The van der Waals surface area contributed by atoms with Crippen molar-refractivity contribution in [1.82, 2.24) is 0 Å². The molecule has 0 aliphatic carbocycles. The van der Waals surface area contributed by atoms with Crippen molar-refractivity contribution in [1.29, 1.82) is 0 Å². The quantitative estimate of drug-likeness (QED) is 0.448. The third kappa shape index (κ3) is 6.14. The van der Waals surface area contributed by atoms with Crippen molar-refractivity contribution in [2.45, 2.75) is 11.8 Å². The Morgan fingerprint density at radius 1 is 0.970 bits per heavy atom. The molecule has 0 aliphatic rings. The highest BCUT2D eigenvalue weighted by Crippen LogP contribution is 2.26. The van der Waals surface area contributed by atoms with Crippen molar-refractivity contribution < 1.29 is 22.7 Å². The molecule has 33 heavy (non-hydrogen) atoms. The lowest BCUT2D eigenvalue weighted by molar-refractivity contribution is -0.114. The first-order valence-electron chi connectivity index (χ1n) is 10.2. The Kier molecular flexibility index (Phi) is 7.74. The molecule has 0 unspecified atom stereocenters. The van der Waals surface area contributed by atoms with E-state index in [0.29, 0.717) is 29.5 Å². The topological polar surface area (TPSA) is 84.9 Å². The summed E-state index contributed by atoms with van der Waals surface area (Å²) in [4.78, 5) is 12.9. The molecule has 3 aromatic rings. The van der Waals surface area contributed by atoms with E-state index in [2.05, 4.69) is 11.9 Å². The molecule has 3 aromatic carbocycles. The van der Waals surface area contributed by atoms with Gasteiger partial charge in [0, 0.05) is 5.69 Å². The Labute approximate surface area is 194 Å². The smallest absolute Gasteiger partial charge is 0.264 e. The number of anilines is 2. The van der Waals surface area contributed by atoms with E-state index >= 15 is 0 Å². The van der Waals surface area contributed by atoms with E-state index in [9.17, 15) is 13.2 Å². The fourth-order valence-electron chi connectivity index (χ4n) is 3.02. The van der Waals surface area contributed by atoms with Gasteiger partial charge in [-0.25, -0.2) is 8.42 Å². The first-order valence-corrected chi connectivity index (χ1v) is 11.6. The second kappa shape index (κ2) is 10.7. The van der Waals surface area contributed by atoms with Crippen LogP contribution in [0.25, 0.3) is 0 Å². The molecule has 172 valence electrons. The number of aryl methyl sites for hydroxylation is 1. The van der Waals surface area contributed by atoms with E-state index in [0.717, 1.165) is 9.87 Å². The fourth-order valence-corrected chi connectivity index (χ4v) is 4.44. The van der Waals surface area contributed by atoms with Crippen LogP contribution < -0.4 is 19.1 Å². The van der Waals surface area contributed by atoms with Gasteiger partial charge in [-0.15, -0.1) is 0 Å². The molecule has 0 aromatic heterocycles. The summed E-state index contributed by atoms with van der Waals surface area (Å²) in [5.41, 5.74) is 1.80. The molecule has 0 spiro atoms. The van der Waals surface area contributed by atoms with Crippen molar-refractivity contribution in [2.24, 2.45) is 0 Å². The van der Waals surface area contributed by atoms with E-state index in [1.54, 1.807) is 66.7 Å². The highest BCUT2D eigenvalue weighted by Gasteiger charge is 2.27. The molecule has 0 atom stereocenters. The second-order valence-electron chi connectivity index (χ2n) is 7.19. The zero-order chi connectivity index (χ0) is 23.8. The van der Waals surface area contributed by atoms with Gasteiger partial charge < -0.3 is 14.8 Å². The van der Waals surface area contributed by atoms with Gasteiger partial charge in [0.05, 0.1) is 17.7 Å². The Morgan fingerprint density at radius 3 is 2.15 bits per heavy atom. The van der Waals surface area contributed by atoms with Crippen LogP contribution in [0, 0.1) is 6.92 Å². The lowest BCUT2D eigenvalue weighted by Crippen LogP contribution is -2.38. The summed E-state index contributed by atoms with van der Waals surface area (Å²) < 4.78 is 38.5. The van der Waals surface area contributed by atoms with Gasteiger partial charge in [0.1, 0.15) is 24.7 Å². The highest BCUT2D eigenvalue weighted by molar-refractivity contribution is 7.92. The Morgan fingerprint density at radius 2 is 1.58 bits per heavy atom. The summed E-state index contributed by atoms with van der Waals surface area (Å²) in [7, 11) is -2.47. The number of hydrogen-bond acceptors (Lipinski definition) is 5. The minimum atomic E-state index is -3.99. The Hall–Kier alpha value is -3.78. The third-order valence-corrected chi connectivity index (χ3v) is 6.55. The number of sulfonamides is 1. The molecule has 1 amide bonds. The Bertz CT molecular complexity index is 1190. The minimum Gasteiger partial charge on any atom is -0.497 e. The lowest BCUT2D eigenvalue weighted by Gasteiger charge is -2.24. The zero-order valence-electron chi connectivity index (χ0n) is 18.5. The maximum absolute atomic E-state index is 13.4. The molecule has 0 radical (unpaired) electrons. The van der Waals surface area contributed by atoms with Gasteiger partial charge in [0.2, 0.25) is 5.91 Å². The number of ether oxygens (including phenoxy) is 2. The number of carbonyl (C=O) groups excluding carboxylic acids is 1. The first-order chi connectivity index (χ1) is 15.8. The number of methoxy groups -OCH3 is 1. The summed E-state index contributed by atoms with van der Waals surface area (Å²) in [5, 5.41) is 2.74. The molecule has 1 N–H and O–H groups in total. The molecule has 0 aliphatic heterocycles. The van der Waals surface area contributed by atoms with Crippen LogP contribution in [-0.2, 0) is 14.8 Å². The number of nitrogens with zero attached hydrogens (tertiary/aromatic N) is 1. The molecule has 0 fully saturated rings. The molecule has 0 bridgehead atoms. The number of nitrogens with one attached hydrogen (secondary N) is 1. The van der Waals surface area contributed by atoms with E-state index < -0.39 is 22.5 Å². The predicted octanol–water partition coefficient (Wildman–Crippen LogP) is 4.40. The zero-order valence-corrected chi connectivity index (χ0v) is 19.3. The fraction of sp³-hybridized carbons (Fsp3) is 0.160. The summed E-state index contributed by atoms with van der Waals surface area (Å²) in [6.45, 7) is 5.44. The summed E-state index contributed by atoms with van der Waals surface area (Å²) in [5.74, 6) is 0.727. The molecule has 3 rings (SSSR count). The van der Waals surface area contributed by atoms with Gasteiger partial charge >= 0.3 is 0 Å². The average Bonchev–Trinajstić information content (AvgIpc) is 2.82. The third-order valence-electron chi connectivity index (χ3n) is 4.76. The van der Waals surface area contributed by atoms with E-state index in [4.69, 9.17) is 9.47 Å². The molecule has 7 nitrogen and oxygen atoms in total. The first kappa shape index (κ1) is 23.9. The minimum absolute atomic E-state index is 0.0976. The molecule has 8 heteroatoms. The van der Waals surface area contributed by atoms with Crippen LogP contribution in [0.5, 0.6) is 11.5 Å². The molecular formula is C25H26N2O5S. The van der Waals surface area contributed by atoms with E-state index in [1.807, 2.05) is 6.92 Å². The Balaban J connectivity index is 1.85.